The molecule has 6 amide bonds. The summed E-state index contributed by atoms with van der Waals surface area (Å²) < 4.78 is 0. The van der Waals surface area contributed by atoms with Crippen molar-refractivity contribution < 1.29 is 28.8 Å². The van der Waals surface area contributed by atoms with Crippen LogP contribution in [0.25, 0.3) is 6.08 Å². The van der Waals surface area contributed by atoms with E-state index in [2.05, 4.69) is 20.9 Å². The Labute approximate surface area is 285 Å². The first-order valence-corrected chi connectivity index (χ1v) is 17.0. The molecule has 48 heavy (non-hydrogen) atoms. The zero-order valence-corrected chi connectivity index (χ0v) is 28.5. The molecule has 3 atom stereocenters. The quantitative estimate of drug-likeness (QED) is 0.0418. The van der Waals surface area contributed by atoms with E-state index >= 15 is 0 Å². The minimum Gasteiger partial charge on any atom is -0.370 e. The van der Waals surface area contributed by atoms with Gasteiger partial charge in [-0.1, -0.05) is 38.8 Å². The number of hydrogen-bond acceptors (Lipinski definition) is 9. The molecule has 16 heteroatoms. The summed E-state index contributed by atoms with van der Waals surface area (Å²) >= 11 is 0.863. The van der Waals surface area contributed by atoms with Crippen LogP contribution in [0.3, 0.4) is 0 Å². The van der Waals surface area contributed by atoms with Gasteiger partial charge in [0.2, 0.25) is 17.7 Å². The van der Waals surface area contributed by atoms with E-state index in [0.717, 1.165) is 18.2 Å². The van der Waals surface area contributed by atoms with Crippen LogP contribution in [-0.4, -0.2) is 83.4 Å². The Morgan fingerprint density at radius 3 is 2.02 bits per heavy atom. The molecule has 0 aliphatic carbocycles. The summed E-state index contributed by atoms with van der Waals surface area (Å²) in [6.45, 7) is 4.77. The van der Waals surface area contributed by atoms with Crippen LogP contribution in [-0.2, 0) is 19.2 Å². The molecule has 1 aliphatic rings. The Morgan fingerprint density at radius 1 is 0.833 bits per heavy atom. The normalized spacial score (nSPS) is 15.5. The van der Waals surface area contributed by atoms with E-state index in [-0.39, 0.29) is 42.1 Å². The Morgan fingerprint density at radius 2 is 1.44 bits per heavy atom. The van der Waals surface area contributed by atoms with Gasteiger partial charge < -0.3 is 38.9 Å². The van der Waals surface area contributed by atoms with E-state index < -0.39 is 41.8 Å². The lowest BCUT2D eigenvalue weighted by Crippen LogP contribution is -2.56. The number of carbonyl (C=O) groups excluding carboxylic acids is 6. The summed E-state index contributed by atoms with van der Waals surface area (Å²) in [6.07, 6.45) is 5.97. The van der Waals surface area contributed by atoms with Gasteiger partial charge in [-0.25, -0.2) is 0 Å². The van der Waals surface area contributed by atoms with Crippen molar-refractivity contribution >= 4 is 58.6 Å². The van der Waals surface area contributed by atoms with Crippen LogP contribution in [0.4, 0.5) is 4.79 Å². The van der Waals surface area contributed by atoms with Gasteiger partial charge >= 0.3 is 0 Å². The largest absolute Gasteiger partial charge is 0.370 e. The third-order valence-electron chi connectivity index (χ3n) is 7.44. The molecule has 1 aliphatic heterocycles. The number of nitrogens with zero attached hydrogens (tertiary/aromatic N) is 2. The van der Waals surface area contributed by atoms with Crippen molar-refractivity contribution in [1.29, 1.82) is 0 Å². The van der Waals surface area contributed by atoms with Crippen molar-refractivity contribution in [3.8, 4) is 0 Å². The Bertz CT molecular complexity index is 1350. The van der Waals surface area contributed by atoms with E-state index in [4.69, 9.17) is 22.9 Å². The summed E-state index contributed by atoms with van der Waals surface area (Å²) in [6, 6.07) is 3.37. The molecule has 1 aromatic carbocycles. The van der Waals surface area contributed by atoms with E-state index in [1.807, 2.05) is 13.8 Å². The standard InChI is InChI=1S/C32H49N9O6S/c1-3-5-9-22(26(34)42)38-28(44)23(10-6-7-16-33)40-29(45)24(11-8-17-37-31(35)36)39-27(43)21-14-12-20(13-15-21)19-25-30(46)41(18-4-2)32(47)48-25/h12-15,19,22-24H,3-11,16-18,33H2,1-2H3,(H2,34,42)(H,38,44)(H,39,43)(H,40,45)(H4,35,36,37)/b25-19-/t22-,23-,24-/m0/s1. The monoisotopic (exact) mass is 687 g/mol. The third kappa shape index (κ3) is 13.0. The van der Waals surface area contributed by atoms with Crippen LogP contribution < -0.4 is 38.9 Å². The smallest absolute Gasteiger partial charge is 0.293 e. The van der Waals surface area contributed by atoms with Gasteiger partial charge in [0.05, 0.1) is 4.91 Å². The zero-order valence-electron chi connectivity index (χ0n) is 27.7. The Hall–Kier alpha value is -4.44. The maximum Gasteiger partial charge on any atom is 0.293 e. The topological polar surface area (TPSA) is 258 Å². The molecular weight excluding hydrogens is 638 g/mol. The molecule has 0 bridgehead atoms. The third-order valence-corrected chi connectivity index (χ3v) is 8.35. The molecule has 1 heterocycles. The number of thioether (sulfide) groups is 1. The fourth-order valence-corrected chi connectivity index (χ4v) is 5.68. The van der Waals surface area contributed by atoms with Gasteiger partial charge in [-0.05, 0) is 87.0 Å². The van der Waals surface area contributed by atoms with Crippen LogP contribution >= 0.6 is 11.8 Å². The minimum atomic E-state index is -1.06. The lowest BCUT2D eigenvalue weighted by molar-refractivity contribution is -0.132. The number of imide groups is 1. The molecule has 2 rings (SSSR count). The molecule has 11 N–H and O–H groups in total. The van der Waals surface area contributed by atoms with Gasteiger partial charge in [0, 0.05) is 18.7 Å². The van der Waals surface area contributed by atoms with Crippen molar-refractivity contribution in [1.82, 2.24) is 20.9 Å². The summed E-state index contributed by atoms with van der Waals surface area (Å²) in [4.78, 5) is 82.2. The van der Waals surface area contributed by atoms with Crippen molar-refractivity contribution in [2.75, 3.05) is 19.6 Å². The Balaban J connectivity index is 2.22. The number of rotatable bonds is 21. The fourth-order valence-electron chi connectivity index (χ4n) is 4.81. The van der Waals surface area contributed by atoms with Crippen molar-refractivity contribution in [2.45, 2.75) is 89.8 Å². The SMILES string of the molecule is CCCC[C@H](NC(=O)[C@H](CCCCN)NC(=O)[C@H](CCCN=C(N)N)NC(=O)c1ccc(/C=C2\SC(=O)N(CCC)C2=O)cc1)C(N)=O. The number of aliphatic imine (C=N–C) groups is 1. The Kier molecular flexibility index (Phi) is 17.2. The number of unbranched alkanes of at least 4 members (excludes halogenated alkanes) is 2. The summed E-state index contributed by atoms with van der Waals surface area (Å²) in [5.74, 6) is -2.86. The highest BCUT2D eigenvalue weighted by Crippen LogP contribution is 2.32. The van der Waals surface area contributed by atoms with Crippen LogP contribution in [0.5, 0.6) is 0 Å². The van der Waals surface area contributed by atoms with Crippen LogP contribution in [0.15, 0.2) is 34.2 Å². The van der Waals surface area contributed by atoms with Gasteiger partial charge in [0.15, 0.2) is 5.96 Å². The van der Waals surface area contributed by atoms with Gasteiger partial charge in [-0.2, -0.15) is 0 Å². The average molecular weight is 688 g/mol. The maximum absolute atomic E-state index is 13.6. The van der Waals surface area contributed by atoms with Gasteiger partial charge in [0.25, 0.3) is 17.1 Å². The molecule has 1 fully saturated rings. The summed E-state index contributed by atoms with van der Waals surface area (Å²) in [5.41, 5.74) is 22.8. The number of guanidine groups is 1. The van der Waals surface area contributed by atoms with Crippen LogP contribution in [0.2, 0.25) is 0 Å². The molecule has 264 valence electrons. The summed E-state index contributed by atoms with van der Waals surface area (Å²) in [7, 11) is 0. The lowest BCUT2D eigenvalue weighted by atomic mass is 10.0. The molecular formula is C32H49N9O6S. The highest BCUT2D eigenvalue weighted by molar-refractivity contribution is 8.18. The van der Waals surface area contributed by atoms with E-state index in [1.54, 1.807) is 18.2 Å². The number of amides is 6. The molecule has 15 nitrogen and oxygen atoms in total. The molecule has 1 aromatic rings. The number of hydrogen-bond donors (Lipinski definition) is 7. The van der Waals surface area contributed by atoms with E-state index in [0.29, 0.717) is 62.1 Å². The predicted octanol–water partition coefficient (Wildman–Crippen LogP) is 1.06. The van der Waals surface area contributed by atoms with Crippen LogP contribution in [0.1, 0.15) is 87.6 Å². The van der Waals surface area contributed by atoms with Gasteiger partial charge in [0.1, 0.15) is 18.1 Å². The maximum atomic E-state index is 13.6. The predicted molar refractivity (Wildman–Crippen MR) is 186 cm³/mol. The molecule has 0 saturated carbocycles. The van der Waals surface area contributed by atoms with E-state index in [1.165, 1.54) is 17.0 Å². The van der Waals surface area contributed by atoms with Gasteiger partial charge in [-0.15, -0.1) is 0 Å². The lowest BCUT2D eigenvalue weighted by Gasteiger charge is -2.25. The average Bonchev–Trinajstić information content (AvgIpc) is 3.31. The minimum absolute atomic E-state index is 0.112. The highest BCUT2D eigenvalue weighted by Gasteiger charge is 2.34. The number of nitrogens with one attached hydrogen (secondary N) is 3. The van der Waals surface area contributed by atoms with Gasteiger partial charge in [-0.3, -0.25) is 38.7 Å². The molecule has 0 radical (unpaired) electrons. The number of benzene rings is 1. The molecule has 0 unspecified atom stereocenters. The first-order valence-electron chi connectivity index (χ1n) is 16.2. The van der Waals surface area contributed by atoms with Crippen molar-refractivity contribution in [2.24, 2.45) is 27.9 Å². The molecule has 1 saturated heterocycles. The number of carbonyl (C=O) groups is 6. The number of primary amides is 1. The second kappa shape index (κ2) is 20.7. The highest BCUT2D eigenvalue weighted by atomic mass is 32.2. The first-order chi connectivity index (χ1) is 22.9. The fraction of sp³-hybridized carbons (Fsp3) is 0.531. The van der Waals surface area contributed by atoms with Crippen molar-refractivity contribution in [3.05, 3.63) is 40.3 Å². The molecule has 0 aromatic heterocycles. The zero-order chi connectivity index (χ0) is 35.6. The first kappa shape index (κ1) is 39.7. The van der Waals surface area contributed by atoms with E-state index in [9.17, 15) is 28.8 Å². The van der Waals surface area contributed by atoms with Crippen molar-refractivity contribution in [3.63, 3.8) is 0 Å². The molecule has 0 spiro atoms. The van der Waals surface area contributed by atoms with Crippen LogP contribution in [0, 0.1) is 0 Å². The summed E-state index contributed by atoms with van der Waals surface area (Å²) in [5, 5.41) is 7.80. The second-order valence-corrected chi connectivity index (χ2v) is 12.4. The second-order valence-electron chi connectivity index (χ2n) is 11.4. The number of nitrogens with two attached hydrogens (primary N) is 4.